The molecular formula is C28H32N6O3. The zero-order valence-electron chi connectivity index (χ0n) is 21.4. The first-order valence-electron chi connectivity index (χ1n) is 12.9. The lowest BCUT2D eigenvalue weighted by molar-refractivity contribution is -0.123. The van der Waals surface area contributed by atoms with E-state index in [1.165, 1.54) is 0 Å². The summed E-state index contributed by atoms with van der Waals surface area (Å²) < 4.78 is 7.49. The SMILES string of the molecule is CC(=O)NC12CC3CC(C1)N(c1ccc(-c4cc(OCC(C)(C)O)cn5ncc(C#N)c45)cn1)C(C3)C2. The molecule has 192 valence electrons. The van der Waals surface area contributed by atoms with Crippen molar-refractivity contribution in [3.63, 3.8) is 0 Å². The number of rotatable bonds is 6. The predicted molar refractivity (Wildman–Crippen MR) is 138 cm³/mol. The Bertz CT molecular complexity index is 1380. The topological polar surface area (TPSA) is 116 Å². The maximum Gasteiger partial charge on any atom is 0.217 e. The summed E-state index contributed by atoms with van der Waals surface area (Å²) >= 11 is 0. The van der Waals surface area contributed by atoms with Crippen LogP contribution < -0.4 is 15.0 Å². The lowest BCUT2D eigenvalue weighted by Crippen LogP contribution is -2.69. The lowest BCUT2D eigenvalue weighted by atomic mass is 9.59. The summed E-state index contributed by atoms with van der Waals surface area (Å²) in [5, 5.41) is 27.4. The number of aromatic nitrogens is 3. The molecule has 0 radical (unpaired) electrons. The van der Waals surface area contributed by atoms with Gasteiger partial charge in [-0.25, -0.2) is 9.50 Å². The van der Waals surface area contributed by atoms with Crippen LogP contribution in [0.25, 0.3) is 16.6 Å². The van der Waals surface area contributed by atoms with Crippen LogP contribution >= 0.6 is 0 Å². The number of amides is 1. The number of nitrogens with zero attached hydrogens (tertiary/aromatic N) is 5. The Morgan fingerprint density at radius 3 is 2.65 bits per heavy atom. The first-order chi connectivity index (χ1) is 17.6. The average molecular weight is 501 g/mol. The molecule has 37 heavy (non-hydrogen) atoms. The standard InChI is InChI=1S/C28H32N6O3/c1-17(35)32-28-9-18-6-21(10-28)34(22(7-18)11-28)25-5-4-19(13-30-25)24-8-23(37-16-27(2,3)36)15-33-26(24)20(12-29)14-31-33/h4-5,8,13-15,18,21-22,36H,6-7,9-11,16H2,1-3H3,(H,32,35). The number of anilines is 1. The molecule has 2 aliphatic carbocycles. The van der Waals surface area contributed by atoms with E-state index in [0.717, 1.165) is 49.0 Å². The smallest absolute Gasteiger partial charge is 0.217 e. The number of hydrogen-bond acceptors (Lipinski definition) is 7. The van der Waals surface area contributed by atoms with Crippen LogP contribution in [0.15, 0.2) is 36.8 Å². The molecule has 2 aliphatic heterocycles. The summed E-state index contributed by atoms with van der Waals surface area (Å²) in [4.78, 5) is 19.3. The van der Waals surface area contributed by atoms with Crippen LogP contribution in [-0.2, 0) is 4.79 Å². The molecule has 2 atom stereocenters. The fourth-order valence-corrected chi connectivity index (χ4v) is 6.96. The van der Waals surface area contributed by atoms with Gasteiger partial charge >= 0.3 is 0 Å². The molecule has 4 fully saturated rings. The summed E-state index contributed by atoms with van der Waals surface area (Å²) in [6.45, 7) is 5.12. The number of aliphatic hydroxyl groups is 1. The molecular weight excluding hydrogens is 468 g/mol. The molecule has 2 unspecified atom stereocenters. The van der Waals surface area contributed by atoms with Crippen molar-refractivity contribution in [1.29, 1.82) is 5.26 Å². The second-order valence-electron chi connectivity index (χ2n) is 11.7. The Morgan fingerprint density at radius 2 is 2.03 bits per heavy atom. The molecule has 2 N–H and O–H groups in total. The predicted octanol–water partition coefficient (Wildman–Crippen LogP) is 3.44. The monoisotopic (exact) mass is 500 g/mol. The minimum absolute atomic E-state index is 0.0627. The number of carbonyl (C=O) groups is 1. The highest BCUT2D eigenvalue weighted by atomic mass is 16.5. The van der Waals surface area contributed by atoms with E-state index in [1.54, 1.807) is 37.7 Å². The van der Waals surface area contributed by atoms with Crippen LogP contribution in [0.1, 0.15) is 58.4 Å². The van der Waals surface area contributed by atoms with Gasteiger partial charge in [0.25, 0.3) is 0 Å². The van der Waals surface area contributed by atoms with Crippen molar-refractivity contribution in [2.24, 2.45) is 5.92 Å². The van der Waals surface area contributed by atoms with Crippen LogP contribution in [-0.4, -0.2) is 55.4 Å². The highest BCUT2D eigenvalue weighted by Gasteiger charge is 2.55. The molecule has 3 aromatic heterocycles. The number of hydrogen-bond donors (Lipinski definition) is 2. The van der Waals surface area contributed by atoms with Crippen molar-refractivity contribution >= 4 is 17.2 Å². The molecule has 0 aromatic carbocycles. The molecule has 3 aromatic rings. The van der Waals surface area contributed by atoms with Crippen molar-refractivity contribution < 1.29 is 14.6 Å². The molecule has 4 bridgehead atoms. The molecule has 7 rings (SSSR count). The Labute approximate surface area is 216 Å². The van der Waals surface area contributed by atoms with E-state index in [1.807, 2.05) is 18.3 Å². The molecule has 9 heteroatoms. The minimum Gasteiger partial charge on any atom is -0.489 e. The van der Waals surface area contributed by atoms with Gasteiger partial charge in [-0.2, -0.15) is 10.4 Å². The molecule has 0 spiro atoms. The van der Waals surface area contributed by atoms with Gasteiger partial charge in [0.2, 0.25) is 5.91 Å². The summed E-state index contributed by atoms with van der Waals surface area (Å²) in [5.41, 5.74) is 1.78. The van der Waals surface area contributed by atoms with Gasteiger partial charge in [0.05, 0.1) is 29.1 Å². The van der Waals surface area contributed by atoms with E-state index in [4.69, 9.17) is 9.72 Å². The number of ether oxygens (including phenoxy) is 1. The maximum atomic E-state index is 11.9. The first kappa shape index (κ1) is 23.7. The molecule has 2 saturated heterocycles. The third-order valence-corrected chi connectivity index (χ3v) is 7.99. The van der Waals surface area contributed by atoms with Gasteiger partial charge in [-0.15, -0.1) is 0 Å². The highest BCUT2D eigenvalue weighted by Crippen LogP contribution is 2.52. The van der Waals surface area contributed by atoms with Gasteiger partial charge in [0.15, 0.2) is 0 Å². The van der Waals surface area contributed by atoms with Gasteiger partial charge in [0, 0.05) is 41.9 Å². The van der Waals surface area contributed by atoms with E-state index in [2.05, 4.69) is 27.5 Å². The fourth-order valence-electron chi connectivity index (χ4n) is 6.96. The van der Waals surface area contributed by atoms with E-state index < -0.39 is 5.60 Å². The van der Waals surface area contributed by atoms with E-state index in [0.29, 0.717) is 34.8 Å². The van der Waals surface area contributed by atoms with Crippen LogP contribution in [0.5, 0.6) is 5.75 Å². The van der Waals surface area contributed by atoms with Gasteiger partial charge in [-0.05, 0) is 70.1 Å². The fraction of sp³-hybridized carbons (Fsp3) is 0.500. The number of carbonyl (C=O) groups excluding carboxylic acids is 1. The van der Waals surface area contributed by atoms with Crippen molar-refractivity contribution in [3.8, 4) is 22.9 Å². The summed E-state index contributed by atoms with van der Waals surface area (Å²) in [5.74, 6) is 2.23. The number of nitrogens with one attached hydrogen (secondary N) is 1. The minimum atomic E-state index is -0.980. The van der Waals surface area contributed by atoms with E-state index >= 15 is 0 Å². The van der Waals surface area contributed by atoms with Gasteiger partial charge < -0.3 is 20.1 Å². The molecule has 4 aliphatic rings. The molecule has 9 nitrogen and oxygen atoms in total. The van der Waals surface area contributed by atoms with Crippen LogP contribution in [0.4, 0.5) is 5.82 Å². The summed E-state index contributed by atoms with van der Waals surface area (Å²) in [6.07, 6.45) is 10.4. The summed E-state index contributed by atoms with van der Waals surface area (Å²) in [7, 11) is 0. The van der Waals surface area contributed by atoms with Crippen LogP contribution in [0, 0.1) is 17.2 Å². The largest absolute Gasteiger partial charge is 0.489 e. The number of pyridine rings is 2. The van der Waals surface area contributed by atoms with Gasteiger partial charge in [-0.3, -0.25) is 4.79 Å². The molecule has 2 saturated carbocycles. The van der Waals surface area contributed by atoms with E-state index in [9.17, 15) is 15.2 Å². The van der Waals surface area contributed by atoms with Gasteiger partial charge in [0.1, 0.15) is 24.2 Å². The normalized spacial score (nSPS) is 26.4. The first-order valence-corrected chi connectivity index (χ1v) is 12.9. The molecule has 1 amide bonds. The second kappa shape index (κ2) is 8.45. The Morgan fingerprint density at radius 1 is 1.27 bits per heavy atom. The Hall–Kier alpha value is -3.64. The quantitative estimate of drug-likeness (QED) is 0.533. The Kier molecular flexibility index (Phi) is 5.42. The van der Waals surface area contributed by atoms with Crippen LogP contribution in [0.2, 0.25) is 0 Å². The van der Waals surface area contributed by atoms with Crippen molar-refractivity contribution in [3.05, 3.63) is 42.4 Å². The third-order valence-electron chi connectivity index (χ3n) is 7.99. The zero-order valence-corrected chi connectivity index (χ0v) is 21.4. The second-order valence-corrected chi connectivity index (χ2v) is 11.7. The maximum absolute atomic E-state index is 11.9. The van der Waals surface area contributed by atoms with Gasteiger partial charge in [-0.1, -0.05) is 0 Å². The highest BCUT2D eigenvalue weighted by molar-refractivity contribution is 5.85. The molecule has 5 heterocycles. The van der Waals surface area contributed by atoms with Crippen molar-refractivity contribution in [1.82, 2.24) is 19.9 Å². The number of piperidine rings is 2. The van der Waals surface area contributed by atoms with Crippen LogP contribution in [0.3, 0.4) is 0 Å². The number of fused-ring (bicyclic) bond motifs is 1. The zero-order chi connectivity index (χ0) is 25.9. The summed E-state index contributed by atoms with van der Waals surface area (Å²) in [6, 6.07) is 8.96. The lowest BCUT2D eigenvalue weighted by Gasteiger charge is -2.62. The van der Waals surface area contributed by atoms with E-state index in [-0.39, 0.29) is 18.1 Å². The average Bonchev–Trinajstić information content (AvgIpc) is 3.24. The number of nitriles is 1. The van der Waals surface area contributed by atoms with Crippen molar-refractivity contribution in [2.75, 3.05) is 11.5 Å². The Balaban J connectivity index is 1.32. The van der Waals surface area contributed by atoms with Crippen molar-refractivity contribution in [2.45, 2.75) is 76.1 Å². The third kappa shape index (κ3) is 4.29.